The molecule has 0 saturated heterocycles. The maximum Gasteiger partial charge on any atom is 0.261 e. The van der Waals surface area contributed by atoms with E-state index >= 15 is 0 Å². The fourth-order valence-corrected chi connectivity index (χ4v) is 20.0. The van der Waals surface area contributed by atoms with Crippen LogP contribution < -0.4 is 0 Å². The Balaban J connectivity index is 0.000000121. The normalized spacial score (nSPS) is 15.0. The van der Waals surface area contributed by atoms with Gasteiger partial charge in [-0.2, -0.15) is 15.8 Å². The second kappa shape index (κ2) is 26.2. The Labute approximate surface area is 693 Å². The summed E-state index contributed by atoms with van der Waals surface area (Å²) in [6, 6.07) is 34.9. The predicted molar refractivity (Wildman–Crippen MR) is 459 cm³/mol. The highest BCUT2D eigenvalue weighted by molar-refractivity contribution is 6.48. The van der Waals surface area contributed by atoms with Crippen LogP contribution in [0.2, 0.25) is 0 Å². The van der Waals surface area contributed by atoms with E-state index < -0.39 is 70.9 Å². The standard InChI is InChI=1S/C34H24N4O4.2C32H20N4O4/c1-15(2)13-37-31(39)20-9-7-19-28-24(36-5)11-23-27-21(32(40)38(34(23)42)14-16(3)4)8-6-18(30(27)28)25-17(12-35)10-22(33(37)41)26(20)29(19)25;2*1-13(2)35-29(37)18-9-7-17-26-22(34-5)11-21-25-19(30(38)36(14(3)4)32(21)40)8-6-16(28(25)26)23-15(12-33)10-20(31(35)39)24(18)27(17)23/h6-11,15-16H,13-14H2,1-4H3;2*6-11,13-14H,1-4H3. The maximum absolute atomic E-state index is 13.7. The van der Waals surface area contributed by atoms with Gasteiger partial charge in [-0.05, 0) is 221 Å². The van der Waals surface area contributed by atoms with E-state index in [2.05, 4.69) is 32.7 Å². The second-order valence-electron chi connectivity index (χ2n) is 33.7. The molecule has 24 heteroatoms. The van der Waals surface area contributed by atoms with Crippen LogP contribution in [0.5, 0.6) is 0 Å². The van der Waals surface area contributed by atoms with Crippen LogP contribution in [0, 0.1) is 65.5 Å². The number of amides is 12. The van der Waals surface area contributed by atoms with Crippen molar-refractivity contribution in [2.45, 2.75) is 107 Å². The van der Waals surface area contributed by atoms with E-state index in [1.807, 2.05) is 27.7 Å². The van der Waals surface area contributed by atoms with Crippen molar-refractivity contribution in [2.24, 2.45) is 11.8 Å². The molecule has 15 aromatic rings. The highest BCUT2D eigenvalue weighted by Crippen LogP contribution is 2.56. The Morgan fingerprint density at radius 3 is 0.639 bits per heavy atom. The van der Waals surface area contributed by atoms with Crippen LogP contribution in [-0.4, -0.2) is 138 Å². The van der Waals surface area contributed by atoms with Crippen molar-refractivity contribution in [1.82, 2.24) is 29.4 Å². The van der Waals surface area contributed by atoms with E-state index in [1.165, 1.54) is 53.7 Å². The molecular weight excluding hydrogens is 1540 g/mol. The molecule has 122 heavy (non-hydrogen) atoms. The number of hydrogen-bond acceptors (Lipinski definition) is 15. The number of benzene rings is 15. The van der Waals surface area contributed by atoms with Crippen LogP contribution >= 0.6 is 0 Å². The molecule has 0 saturated carbocycles. The first kappa shape index (κ1) is 76.0. The summed E-state index contributed by atoms with van der Waals surface area (Å²) in [7, 11) is 0. The average molecular weight is 1600 g/mol. The molecule has 6 heterocycles. The van der Waals surface area contributed by atoms with Gasteiger partial charge in [0.25, 0.3) is 70.9 Å². The minimum absolute atomic E-state index is 0.0531. The van der Waals surface area contributed by atoms with Crippen LogP contribution in [0.3, 0.4) is 0 Å². The molecule has 0 N–H and O–H groups in total. The van der Waals surface area contributed by atoms with Gasteiger partial charge in [0.05, 0.1) is 71.3 Å². The highest BCUT2D eigenvalue weighted by Gasteiger charge is 2.45. The molecule has 21 rings (SSSR count). The summed E-state index contributed by atoms with van der Waals surface area (Å²) in [5, 5.41) is 43.6. The van der Waals surface area contributed by atoms with Crippen molar-refractivity contribution in [1.29, 1.82) is 15.8 Å². The summed E-state index contributed by atoms with van der Waals surface area (Å²) < 4.78 is 0. The number of rotatable bonds is 8. The molecule has 0 spiro atoms. The number of fused-ring (bicyclic) bond motifs is 6. The number of hydrogen-bond donors (Lipinski definition) is 0. The third kappa shape index (κ3) is 9.65. The maximum atomic E-state index is 13.7. The average Bonchev–Trinajstić information content (AvgIpc) is 0.688. The monoisotopic (exact) mass is 1600 g/mol. The number of carbonyl (C=O) groups excluding carboxylic acids is 12. The summed E-state index contributed by atoms with van der Waals surface area (Å²) in [5.74, 6) is -5.14. The fourth-order valence-electron chi connectivity index (χ4n) is 20.0. The molecule has 0 bridgehead atoms. The Morgan fingerprint density at radius 2 is 0.426 bits per heavy atom. The van der Waals surface area contributed by atoms with Gasteiger partial charge in [-0.15, -0.1) is 0 Å². The SMILES string of the molecule is [C-]#[N+]c1cc2c3c(ccc4c5c(C#N)cc6c7c(ccc(c1c34)c75)C(=O)N(C(C)C)C6=O)C(=O)N(C(C)C)C2=O.[C-]#[N+]c1cc2c3c(ccc4c5c(C#N)cc6c7c(ccc(c1c34)c75)C(=O)N(C(C)C)C6=O)C(=O)N(C(C)C)C2=O.[C-]#[N+]c1cc2c3c(ccc4c5c(C#N)cc6c7c(ccc(c1c34)c75)C(=O)N(CC(C)C)C6=O)C(=O)N(CC(C)C)C2=O. The van der Waals surface area contributed by atoms with Gasteiger partial charge >= 0.3 is 0 Å². The molecular formula is C98H64N12O12. The molecule has 0 radical (unpaired) electrons. The molecule has 0 unspecified atom stereocenters. The summed E-state index contributed by atoms with van der Waals surface area (Å²) in [4.78, 5) is 182. The van der Waals surface area contributed by atoms with Crippen LogP contribution in [-0.2, 0) is 0 Å². The van der Waals surface area contributed by atoms with Gasteiger partial charge in [0.2, 0.25) is 0 Å². The molecule has 6 aliphatic heterocycles. The molecule has 12 amide bonds. The third-order valence-electron chi connectivity index (χ3n) is 24.6. The van der Waals surface area contributed by atoms with E-state index in [0.717, 1.165) is 0 Å². The number of carbonyl (C=O) groups is 12. The Morgan fingerprint density at radius 1 is 0.246 bits per heavy atom. The largest absolute Gasteiger partial charge is 0.274 e. The Kier molecular flexibility index (Phi) is 16.3. The first-order chi connectivity index (χ1) is 58.3. The minimum atomic E-state index is -0.473. The minimum Gasteiger partial charge on any atom is -0.274 e. The quantitative estimate of drug-likeness (QED) is 0.0591. The van der Waals surface area contributed by atoms with Crippen molar-refractivity contribution >= 4 is 217 Å². The van der Waals surface area contributed by atoms with Gasteiger partial charge in [-0.3, -0.25) is 86.9 Å². The molecule has 0 aromatic heterocycles. The van der Waals surface area contributed by atoms with E-state index in [0.29, 0.717) is 163 Å². The summed E-state index contributed by atoms with van der Waals surface area (Å²) in [5.41, 5.74) is 5.11. The van der Waals surface area contributed by atoms with E-state index in [9.17, 15) is 73.3 Å². The lowest BCUT2D eigenvalue weighted by Gasteiger charge is -2.33. The Bertz CT molecular complexity index is 7280. The van der Waals surface area contributed by atoms with E-state index in [1.54, 1.807) is 140 Å². The molecule has 15 aromatic carbocycles. The zero-order chi connectivity index (χ0) is 86.5. The topological polar surface area (TPSA) is 309 Å². The number of imide groups is 6. The van der Waals surface area contributed by atoms with Crippen LogP contribution in [0.15, 0.2) is 109 Å². The molecule has 0 fully saturated rings. The van der Waals surface area contributed by atoms with Crippen LogP contribution in [0.4, 0.5) is 17.1 Å². The smallest absolute Gasteiger partial charge is 0.261 e. The van der Waals surface area contributed by atoms with Gasteiger partial charge in [0, 0.05) is 136 Å². The molecule has 0 aliphatic carbocycles. The van der Waals surface area contributed by atoms with Gasteiger partial charge in [-0.25, -0.2) is 14.5 Å². The zero-order valence-corrected chi connectivity index (χ0v) is 67.5. The summed E-state index contributed by atoms with van der Waals surface area (Å²) >= 11 is 0. The van der Waals surface area contributed by atoms with E-state index in [4.69, 9.17) is 19.7 Å². The predicted octanol–water partition coefficient (Wildman–Crippen LogP) is 19.0. The van der Waals surface area contributed by atoms with E-state index in [-0.39, 0.29) is 116 Å². The van der Waals surface area contributed by atoms with Crippen molar-refractivity contribution in [3.05, 3.63) is 227 Å². The fraction of sp³-hybridized carbons (Fsp3) is 0.204. The lowest BCUT2D eigenvalue weighted by molar-refractivity contribution is 0.0547. The molecule has 24 nitrogen and oxygen atoms in total. The molecule has 6 aliphatic rings. The summed E-state index contributed by atoms with van der Waals surface area (Å²) in [6.45, 7) is 46.4. The lowest BCUT2D eigenvalue weighted by Crippen LogP contribution is -2.44. The highest BCUT2D eigenvalue weighted by atomic mass is 16.2. The van der Waals surface area contributed by atoms with Crippen LogP contribution in [0.25, 0.3) is 144 Å². The van der Waals surface area contributed by atoms with Gasteiger partial charge in [0.15, 0.2) is 17.1 Å². The van der Waals surface area contributed by atoms with Crippen molar-refractivity contribution in [3.63, 3.8) is 0 Å². The van der Waals surface area contributed by atoms with Gasteiger partial charge < -0.3 is 0 Å². The zero-order valence-electron chi connectivity index (χ0n) is 67.5. The third-order valence-corrected chi connectivity index (χ3v) is 24.6. The number of nitriles is 3. The van der Waals surface area contributed by atoms with Crippen LogP contribution in [0.1, 0.15) is 224 Å². The number of nitrogens with zero attached hydrogens (tertiary/aromatic N) is 12. The first-order valence-electron chi connectivity index (χ1n) is 39.7. The van der Waals surface area contributed by atoms with Crippen molar-refractivity contribution in [2.75, 3.05) is 13.1 Å². The van der Waals surface area contributed by atoms with Gasteiger partial charge in [0.1, 0.15) is 0 Å². The molecule has 588 valence electrons. The lowest BCUT2D eigenvalue weighted by atomic mass is 9.80. The molecule has 0 atom stereocenters. The summed E-state index contributed by atoms with van der Waals surface area (Å²) in [6.07, 6.45) is 0. The van der Waals surface area contributed by atoms with Crippen molar-refractivity contribution < 1.29 is 57.5 Å². The first-order valence-corrected chi connectivity index (χ1v) is 39.7. The van der Waals surface area contributed by atoms with Gasteiger partial charge in [-0.1, -0.05) is 64.1 Å². The Hall–Kier alpha value is -16.0. The second-order valence-corrected chi connectivity index (χ2v) is 33.7. The van der Waals surface area contributed by atoms with Crippen molar-refractivity contribution in [3.8, 4) is 18.2 Å².